The van der Waals surface area contributed by atoms with Gasteiger partial charge in [0, 0.05) is 50.9 Å². The third kappa shape index (κ3) is 6.74. The van der Waals surface area contributed by atoms with Gasteiger partial charge in [-0.1, -0.05) is 18.2 Å². The maximum atomic E-state index is 6.08. The van der Waals surface area contributed by atoms with Gasteiger partial charge in [-0.3, -0.25) is 0 Å². The molecule has 0 bridgehead atoms. The van der Waals surface area contributed by atoms with Gasteiger partial charge in [0.05, 0.1) is 0 Å². The number of benzene rings is 1. The number of aryl methyl sites for hydroxylation is 1. The molecule has 0 aliphatic carbocycles. The Morgan fingerprint density at radius 1 is 0.643 bits per heavy atom. The molecular formula is C20H38O6Si2. The van der Waals surface area contributed by atoms with Crippen molar-refractivity contribution in [2.24, 2.45) is 0 Å². The van der Waals surface area contributed by atoms with Crippen LogP contribution in [-0.2, 0) is 32.6 Å². The van der Waals surface area contributed by atoms with E-state index in [-0.39, 0.29) is 0 Å². The van der Waals surface area contributed by atoms with Gasteiger partial charge in [-0.15, -0.1) is 0 Å². The van der Waals surface area contributed by atoms with Crippen molar-refractivity contribution in [2.45, 2.75) is 54.5 Å². The van der Waals surface area contributed by atoms with E-state index in [4.69, 9.17) is 26.6 Å². The van der Waals surface area contributed by atoms with Crippen LogP contribution < -0.4 is 5.19 Å². The van der Waals surface area contributed by atoms with Gasteiger partial charge in [0.25, 0.3) is 0 Å². The largest absolute Gasteiger partial charge is 0.537 e. The van der Waals surface area contributed by atoms with Crippen molar-refractivity contribution in [2.75, 3.05) is 39.6 Å². The SMILES string of the molecule is CCO[Si](Cc1cc([Si](OCC)(OCC)OCC)ccc1C)(OCC)OCC. The Morgan fingerprint density at radius 3 is 1.46 bits per heavy atom. The van der Waals surface area contributed by atoms with Crippen LogP contribution in [0, 0.1) is 6.92 Å². The second kappa shape index (κ2) is 12.9. The molecule has 1 rings (SSSR count). The summed E-state index contributed by atoms with van der Waals surface area (Å²) in [5.41, 5.74) is 2.28. The van der Waals surface area contributed by atoms with Crippen LogP contribution in [0.1, 0.15) is 52.7 Å². The lowest BCUT2D eigenvalue weighted by atomic mass is 10.1. The quantitative estimate of drug-likeness (QED) is 0.398. The molecule has 0 radical (unpaired) electrons. The molecule has 0 N–H and O–H groups in total. The minimum atomic E-state index is -2.96. The van der Waals surface area contributed by atoms with Crippen molar-refractivity contribution in [3.05, 3.63) is 29.3 Å². The first-order chi connectivity index (χ1) is 13.5. The molecule has 0 spiro atoms. The lowest BCUT2D eigenvalue weighted by Crippen LogP contribution is -2.57. The van der Waals surface area contributed by atoms with Crippen molar-refractivity contribution in [3.63, 3.8) is 0 Å². The van der Waals surface area contributed by atoms with Crippen LogP contribution in [0.2, 0.25) is 0 Å². The molecule has 0 aliphatic heterocycles. The molecule has 6 nitrogen and oxygen atoms in total. The Labute approximate surface area is 173 Å². The number of hydrogen-bond acceptors (Lipinski definition) is 6. The zero-order valence-electron chi connectivity index (χ0n) is 18.6. The van der Waals surface area contributed by atoms with Crippen LogP contribution in [0.25, 0.3) is 0 Å². The lowest BCUT2D eigenvalue weighted by Gasteiger charge is -2.31. The van der Waals surface area contributed by atoms with Crippen molar-refractivity contribution < 1.29 is 26.6 Å². The van der Waals surface area contributed by atoms with Crippen LogP contribution >= 0.6 is 0 Å². The summed E-state index contributed by atoms with van der Waals surface area (Å²) in [6.07, 6.45) is 0. The van der Waals surface area contributed by atoms with Crippen molar-refractivity contribution in [1.29, 1.82) is 0 Å². The smallest absolute Gasteiger partial charge is 0.374 e. The van der Waals surface area contributed by atoms with Gasteiger partial charge >= 0.3 is 17.6 Å². The topological polar surface area (TPSA) is 55.4 Å². The molecular weight excluding hydrogens is 392 g/mol. The highest BCUT2D eigenvalue weighted by Gasteiger charge is 2.45. The summed E-state index contributed by atoms with van der Waals surface area (Å²) >= 11 is 0. The van der Waals surface area contributed by atoms with Crippen LogP contribution in [0.15, 0.2) is 18.2 Å². The summed E-state index contributed by atoms with van der Waals surface area (Å²) in [7, 11) is -5.78. The average molecular weight is 431 g/mol. The molecule has 0 atom stereocenters. The van der Waals surface area contributed by atoms with Crippen LogP contribution in [0.4, 0.5) is 0 Å². The fraction of sp³-hybridized carbons (Fsp3) is 0.700. The van der Waals surface area contributed by atoms with Crippen molar-refractivity contribution in [3.8, 4) is 0 Å². The van der Waals surface area contributed by atoms with Gasteiger partial charge in [-0.2, -0.15) is 0 Å². The second-order valence-electron chi connectivity index (χ2n) is 6.16. The Bertz CT molecular complexity index is 536. The van der Waals surface area contributed by atoms with Crippen molar-refractivity contribution >= 4 is 22.8 Å². The third-order valence-corrected chi connectivity index (χ3v) is 10.2. The normalized spacial score (nSPS) is 12.5. The molecule has 8 heteroatoms. The van der Waals surface area contributed by atoms with Gasteiger partial charge in [-0.25, -0.2) is 0 Å². The van der Waals surface area contributed by atoms with Crippen LogP contribution in [0.3, 0.4) is 0 Å². The summed E-state index contributed by atoms with van der Waals surface area (Å²) in [6, 6.07) is 6.88. The van der Waals surface area contributed by atoms with E-state index < -0.39 is 17.6 Å². The minimum Gasteiger partial charge on any atom is -0.374 e. The van der Waals surface area contributed by atoms with E-state index in [1.54, 1.807) is 0 Å². The van der Waals surface area contributed by atoms with Gasteiger partial charge in [0.2, 0.25) is 0 Å². The highest BCUT2D eigenvalue weighted by atomic mass is 28.4. The fourth-order valence-electron chi connectivity index (χ4n) is 3.17. The molecule has 0 aromatic heterocycles. The number of rotatable bonds is 15. The Balaban J connectivity index is 3.36. The van der Waals surface area contributed by atoms with E-state index >= 15 is 0 Å². The van der Waals surface area contributed by atoms with E-state index in [2.05, 4.69) is 25.1 Å². The first kappa shape index (κ1) is 25.5. The van der Waals surface area contributed by atoms with E-state index in [9.17, 15) is 0 Å². The summed E-state index contributed by atoms with van der Waals surface area (Å²) in [5, 5.41) is 0.964. The van der Waals surface area contributed by atoms with Gasteiger partial charge in [0.15, 0.2) is 0 Å². The highest BCUT2D eigenvalue weighted by molar-refractivity contribution is 6.75. The third-order valence-electron chi connectivity index (χ3n) is 4.21. The van der Waals surface area contributed by atoms with Gasteiger partial charge in [-0.05, 0) is 59.6 Å². The van der Waals surface area contributed by atoms with E-state index in [0.717, 1.165) is 16.3 Å². The zero-order chi connectivity index (χ0) is 21.0. The summed E-state index contributed by atoms with van der Waals surface area (Å²) in [6.45, 7) is 17.2. The lowest BCUT2D eigenvalue weighted by molar-refractivity contribution is 0.0702. The van der Waals surface area contributed by atoms with Crippen LogP contribution in [0.5, 0.6) is 0 Å². The summed E-state index contributed by atoms with van der Waals surface area (Å²) < 4.78 is 36.4. The first-order valence-corrected chi connectivity index (χ1v) is 14.1. The molecule has 28 heavy (non-hydrogen) atoms. The average Bonchev–Trinajstić information content (AvgIpc) is 2.65. The molecule has 0 aliphatic rings. The maximum Gasteiger partial charge on any atom is 0.537 e. The Hall–Kier alpha value is -0.586. The molecule has 0 amide bonds. The van der Waals surface area contributed by atoms with E-state index in [1.807, 2.05) is 41.5 Å². The van der Waals surface area contributed by atoms with Crippen LogP contribution in [-0.4, -0.2) is 57.3 Å². The summed E-state index contributed by atoms with van der Waals surface area (Å²) in [5.74, 6) is 0. The van der Waals surface area contributed by atoms with E-state index in [1.165, 1.54) is 0 Å². The molecule has 1 aromatic carbocycles. The summed E-state index contributed by atoms with van der Waals surface area (Å²) in [4.78, 5) is 0. The van der Waals surface area contributed by atoms with Crippen molar-refractivity contribution in [1.82, 2.24) is 0 Å². The molecule has 0 unspecified atom stereocenters. The molecule has 0 heterocycles. The molecule has 0 saturated heterocycles. The monoisotopic (exact) mass is 430 g/mol. The number of hydrogen-bond donors (Lipinski definition) is 0. The van der Waals surface area contributed by atoms with Gasteiger partial charge in [0.1, 0.15) is 0 Å². The molecule has 0 saturated carbocycles. The predicted molar refractivity (Wildman–Crippen MR) is 116 cm³/mol. The fourth-order valence-corrected chi connectivity index (χ4v) is 8.42. The predicted octanol–water partition coefficient (Wildman–Crippen LogP) is 3.38. The highest BCUT2D eigenvalue weighted by Crippen LogP contribution is 2.21. The minimum absolute atomic E-state index is 0.533. The molecule has 1 aromatic rings. The molecule has 0 fully saturated rings. The Kier molecular flexibility index (Phi) is 11.7. The Morgan fingerprint density at radius 2 is 1.07 bits per heavy atom. The maximum absolute atomic E-state index is 6.08. The second-order valence-corrected chi connectivity index (χ2v) is 11.3. The van der Waals surface area contributed by atoms with Gasteiger partial charge < -0.3 is 26.6 Å². The van der Waals surface area contributed by atoms with E-state index in [0.29, 0.717) is 45.7 Å². The molecule has 162 valence electrons. The zero-order valence-corrected chi connectivity index (χ0v) is 20.6. The standard InChI is InChI=1S/C20H38O6Si2/c1-8-21-27(22-9-2,23-10-3)17-19-16-20(15-14-18(19)7)28(24-11-4,25-12-5)26-13-6/h14-16H,8-13,17H2,1-7H3. The first-order valence-electron chi connectivity index (χ1n) is 10.4.